The summed E-state index contributed by atoms with van der Waals surface area (Å²) in [5, 5.41) is 2.75. The van der Waals surface area contributed by atoms with Crippen molar-refractivity contribution < 1.29 is 14.3 Å². The van der Waals surface area contributed by atoms with E-state index in [1.807, 2.05) is 13.0 Å². The van der Waals surface area contributed by atoms with Crippen LogP contribution < -0.4 is 5.32 Å². The monoisotopic (exact) mass is 296 g/mol. The van der Waals surface area contributed by atoms with Gasteiger partial charge in [-0.3, -0.25) is 9.78 Å². The predicted molar refractivity (Wildman–Crippen MR) is 84.4 cm³/mol. The first-order valence-electron chi connectivity index (χ1n) is 6.68. The molecule has 0 unspecified atom stereocenters. The molecule has 0 aliphatic carbocycles. The van der Waals surface area contributed by atoms with Gasteiger partial charge in [0.2, 0.25) is 5.91 Å². The third kappa shape index (κ3) is 4.02. The SMILES string of the molecule is COC(=O)c1ccc(C)c(NC(=O)C=Cc2cccnc2)c1. The summed E-state index contributed by atoms with van der Waals surface area (Å²) < 4.78 is 4.67. The van der Waals surface area contributed by atoms with Gasteiger partial charge in [-0.2, -0.15) is 0 Å². The summed E-state index contributed by atoms with van der Waals surface area (Å²) >= 11 is 0. The van der Waals surface area contributed by atoms with Crippen LogP contribution >= 0.6 is 0 Å². The fraction of sp³-hybridized carbons (Fsp3) is 0.118. The molecule has 1 heterocycles. The van der Waals surface area contributed by atoms with Gasteiger partial charge in [-0.05, 0) is 42.3 Å². The second-order valence-corrected chi connectivity index (χ2v) is 4.63. The number of nitrogens with one attached hydrogen (secondary N) is 1. The van der Waals surface area contributed by atoms with Gasteiger partial charge in [0.15, 0.2) is 0 Å². The largest absolute Gasteiger partial charge is 0.465 e. The van der Waals surface area contributed by atoms with Crippen molar-refractivity contribution in [1.82, 2.24) is 4.98 Å². The number of nitrogens with zero attached hydrogens (tertiary/aromatic N) is 1. The minimum Gasteiger partial charge on any atom is -0.465 e. The van der Waals surface area contributed by atoms with E-state index in [4.69, 9.17) is 0 Å². The number of rotatable bonds is 4. The lowest BCUT2D eigenvalue weighted by Gasteiger charge is -2.08. The highest BCUT2D eigenvalue weighted by Crippen LogP contribution is 2.17. The Morgan fingerprint density at radius 2 is 2.09 bits per heavy atom. The molecule has 0 bridgehead atoms. The maximum Gasteiger partial charge on any atom is 0.337 e. The third-order valence-electron chi connectivity index (χ3n) is 3.03. The number of ether oxygens (including phenoxy) is 1. The van der Waals surface area contributed by atoms with Crippen LogP contribution in [-0.2, 0) is 9.53 Å². The Kier molecular flexibility index (Phi) is 5.03. The number of anilines is 1. The van der Waals surface area contributed by atoms with Crippen molar-refractivity contribution in [3.05, 3.63) is 65.5 Å². The Morgan fingerprint density at radius 3 is 2.77 bits per heavy atom. The van der Waals surface area contributed by atoms with Crippen LogP contribution in [0.2, 0.25) is 0 Å². The van der Waals surface area contributed by atoms with Crippen LogP contribution in [0.15, 0.2) is 48.8 Å². The molecule has 1 aromatic carbocycles. The smallest absolute Gasteiger partial charge is 0.337 e. The zero-order valence-corrected chi connectivity index (χ0v) is 12.4. The number of carbonyl (C=O) groups excluding carboxylic acids is 2. The molecule has 0 aliphatic rings. The van der Waals surface area contributed by atoms with Crippen LogP contribution in [0.4, 0.5) is 5.69 Å². The van der Waals surface area contributed by atoms with Gasteiger partial charge < -0.3 is 10.1 Å². The number of aryl methyl sites for hydroxylation is 1. The molecule has 2 aromatic rings. The molecule has 1 amide bonds. The Labute approximate surface area is 128 Å². The second-order valence-electron chi connectivity index (χ2n) is 4.63. The van der Waals surface area contributed by atoms with E-state index < -0.39 is 5.97 Å². The van der Waals surface area contributed by atoms with Gasteiger partial charge in [-0.1, -0.05) is 12.1 Å². The Bertz CT molecular complexity index is 709. The van der Waals surface area contributed by atoms with E-state index in [2.05, 4.69) is 15.0 Å². The van der Waals surface area contributed by atoms with Crippen LogP contribution in [0.5, 0.6) is 0 Å². The van der Waals surface area contributed by atoms with E-state index in [0.717, 1.165) is 11.1 Å². The third-order valence-corrected chi connectivity index (χ3v) is 3.03. The van der Waals surface area contributed by atoms with Gasteiger partial charge in [-0.15, -0.1) is 0 Å². The highest BCUT2D eigenvalue weighted by atomic mass is 16.5. The molecule has 5 heteroatoms. The fourth-order valence-corrected chi connectivity index (χ4v) is 1.82. The molecule has 0 aliphatic heterocycles. The summed E-state index contributed by atoms with van der Waals surface area (Å²) in [6.45, 7) is 1.85. The standard InChI is InChI=1S/C17H16N2O3/c1-12-5-7-14(17(21)22-2)10-15(12)19-16(20)8-6-13-4-3-9-18-11-13/h3-11H,1-2H3,(H,19,20). The number of esters is 1. The summed E-state index contributed by atoms with van der Waals surface area (Å²) in [5.41, 5.74) is 2.65. The first kappa shape index (κ1) is 15.4. The highest BCUT2D eigenvalue weighted by Gasteiger charge is 2.09. The van der Waals surface area contributed by atoms with Crippen LogP contribution in [0.1, 0.15) is 21.5 Å². The molecule has 0 saturated carbocycles. The van der Waals surface area contributed by atoms with E-state index in [-0.39, 0.29) is 5.91 Å². The molecule has 2 rings (SSSR count). The average molecular weight is 296 g/mol. The van der Waals surface area contributed by atoms with E-state index in [0.29, 0.717) is 11.3 Å². The van der Waals surface area contributed by atoms with Gasteiger partial charge >= 0.3 is 5.97 Å². The maximum absolute atomic E-state index is 12.0. The fourth-order valence-electron chi connectivity index (χ4n) is 1.82. The van der Waals surface area contributed by atoms with Crippen LogP contribution in [0.25, 0.3) is 6.08 Å². The first-order chi connectivity index (χ1) is 10.6. The molecular weight excluding hydrogens is 280 g/mol. The van der Waals surface area contributed by atoms with Crippen molar-refractivity contribution in [3.8, 4) is 0 Å². The number of hydrogen-bond acceptors (Lipinski definition) is 4. The van der Waals surface area contributed by atoms with Crippen molar-refractivity contribution in [2.75, 3.05) is 12.4 Å². The molecule has 1 N–H and O–H groups in total. The maximum atomic E-state index is 12.0. The summed E-state index contributed by atoms with van der Waals surface area (Å²) in [6, 6.07) is 8.65. The zero-order valence-electron chi connectivity index (χ0n) is 12.4. The summed E-state index contributed by atoms with van der Waals surface area (Å²) in [4.78, 5) is 27.4. The number of pyridine rings is 1. The number of methoxy groups -OCH3 is 1. The van der Waals surface area contributed by atoms with Crippen molar-refractivity contribution in [1.29, 1.82) is 0 Å². The summed E-state index contributed by atoms with van der Waals surface area (Å²) in [7, 11) is 1.32. The topological polar surface area (TPSA) is 68.3 Å². The van der Waals surface area contributed by atoms with Gasteiger partial charge in [0.1, 0.15) is 0 Å². The molecule has 22 heavy (non-hydrogen) atoms. The number of aromatic nitrogens is 1. The predicted octanol–water partition coefficient (Wildman–Crippen LogP) is 2.83. The van der Waals surface area contributed by atoms with E-state index in [1.165, 1.54) is 13.2 Å². The van der Waals surface area contributed by atoms with Crippen molar-refractivity contribution in [2.24, 2.45) is 0 Å². The quantitative estimate of drug-likeness (QED) is 0.696. The summed E-state index contributed by atoms with van der Waals surface area (Å²) in [5.74, 6) is -0.727. The Balaban J connectivity index is 2.11. The zero-order chi connectivity index (χ0) is 15.9. The summed E-state index contributed by atoms with van der Waals surface area (Å²) in [6.07, 6.45) is 6.41. The average Bonchev–Trinajstić information content (AvgIpc) is 2.55. The van der Waals surface area contributed by atoms with E-state index >= 15 is 0 Å². The van der Waals surface area contributed by atoms with Crippen molar-refractivity contribution >= 4 is 23.6 Å². The van der Waals surface area contributed by atoms with Crippen LogP contribution in [0, 0.1) is 6.92 Å². The van der Waals surface area contributed by atoms with Gasteiger partial charge in [-0.25, -0.2) is 4.79 Å². The Morgan fingerprint density at radius 1 is 1.27 bits per heavy atom. The van der Waals surface area contributed by atoms with E-state index in [9.17, 15) is 9.59 Å². The second kappa shape index (κ2) is 7.17. The van der Waals surface area contributed by atoms with Crippen molar-refractivity contribution in [3.63, 3.8) is 0 Å². The molecular formula is C17H16N2O3. The van der Waals surface area contributed by atoms with E-state index in [1.54, 1.807) is 42.7 Å². The van der Waals surface area contributed by atoms with Crippen LogP contribution in [0.3, 0.4) is 0 Å². The molecule has 1 aromatic heterocycles. The van der Waals surface area contributed by atoms with Gasteiger partial charge in [0.05, 0.1) is 12.7 Å². The highest BCUT2D eigenvalue weighted by molar-refractivity contribution is 6.03. The lowest BCUT2D eigenvalue weighted by molar-refractivity contribution is -0.111. The number of carbonyl (C=O) groups is 2. The number of hydrogen-bond donors (Lipinski definition) is 1. The lowest BCUT2D eigenvalue weighted by Crippen LogP contribution is -2.10. The lowest BCUT2D eigenvalue weighted by atomic mass is 10.1. The molecule has 5 nitrogen and oxygen atoms in total. The molecule has 112 valence electrons. The van der Waals surface area contributed by atoms with Gasteiger partial charge in [0, 0.05) is 24.2 Å². The van der Waals surface area contributed by atoms with Crippen molar-refractivity contribution in [2.45, 2.75) is 6.92 Å². The number of benzene rings is 1. The minimum atomic E-state index is -0.443. The molecule has 0 spiro atoms. The van der Waals surface area contributed by atoms with Crippen LogP contribution in [-0.4, -0.2) is 24.0 Å². The Hall–Kier alpha value is -2.95. The number of amides is 1. The molecule has 0 radical (unpaired) electrons. The first-order valence-corrected chi connectivity index (χ1v) is 6.68. The minimum absolute atomic E-state index is 0.283. The molecule has 0 atom stereocenters. The molecule has 0 fully saturated rings. The van der Waals surface area contributed by atoms with Gasteiger partial charge in [0.25, 0.3) is 0 Å². The normalized spacial score (nSPS) is 10.5. The molecule has 0 saturated heterocycles.